The molecule has 0 aliphatic heterocycles. The molecule has 1 atom stereocenters. The summed E-state index contributed by atoms with van der Waals surface area (Å²) in [5, 5.41) is 3.57. The van der Waals surface area contributed by atoms with Crippen molar-refractivity contribution >= 4 is 27.7 Å². The van der Waals surface area contributed by atoms with E-state index in [1.807, 2.05) is 24.2 Å². The molecule has 0 spiro atoms. The Morgan fingerprint density at radius 2 is 2.14 bits per heavy atom. The average molecular weight is 365 g/mol. The molecule has 0 fully saturated rings. The van der Waals surface area contributed by atoms with Crippen molar-refractivity contribution < 1.29 is 0 Å². The van der Waals surface area contributed by atoms with Crippen molar-refractivity contribution in [2.75, 3.05) is 12.3 Å². The molecular weight excluding hydrogens is 344 g/mol. The lowest BCUT2D eigenvalue weighted by atomic mass is 10.1. The summed E-state index contributed by atoms with van der Waals surface area (Å²) in [5.74, 6) is 1.06. The highest BCUT2D eigenvalue weighted by molar-refractivity contribution is 9.10. The minimum atomic E-state index is 0.455. The van der Waals surface area contributed by atoms with Gasteiger partial charge >= 0.3 is 0 Å². The minimum absolute atomic E-state index is 0.455. The molecule has 21 heavy (non-hydrogen) atoms. The van der Waals surface area contributed by atoms with Crippen molar-refractivity contribution in [1.82, 2.24) is 10.3 Å². The number of pyridine rings is 1. The van der Waals surface area contributed by atoms with Crippen LogP contribution in [0.3, 0.4) is 0 Å². The summed E-state index contributed by atoms with van der Waals surface area (Å²) >= 11 is 5.40. The van der Waals surface area contributed by atoms with Crippen molar-refractivity contribution in [2.45, 2.75) is 31.2 Å². The summed E-state index contributed by atoms with van der Waals surface area (Å²) in [4.78, 5) is 5.58. The summed E-state index contributed by atoms with van der Waals surface area (Å²) in [7, 11) is 0. The molecule has 1 aromatic carbocycles. The molecule has 0 amide bonds. The predicted octanol–water partition coefficient (Wildman–Crippen LogP) is 4.47. The number of nitrogens with one attached hydrogen (secondary N) is 1. The van der Waals surface area contributed by atoms with Crippen LogP contribution in [-0.4, -0.2) is 23.3 Å². The van der Waals surface area contributed by atoms with Crippen LogP contribution >= 0.6 is 27.7 Å². The number of hydrogen-bond acceptors (Lipinski definition) is 3. The maximum atomic E-state index is 4.25. The molecule has 1 unspecified atom stereocenters. The Morgan fingerprint density at radius 3 is 2.86 bits per heavy atom. The van der Waals surface area contributed by atoms with E-state index >= 15 is 0 Å². The summed E-state index contributed by atoms with van der Waals surface area (Å²) in [5.41, 5.74) is 2.58. The first-order valence-electron chi connectivity index (χ1n) is 7.19. The van der Waals surface area contributed by atoms with Gasteiger partial charge in [0.05, 0.1) is 0 Å². The SMILES string of the molecule is CCNC(CSc1cccc(C)c1)Cc1cncc(Br)c1. The number of halogens is 1. The zero-order valence-electron chi connectivity index (χ0n) is 12.5. The number of nitrogens with zero attached hydrogens (tertiary/aromatic N) is 1. The fraction of sp³-hybridized carbons (Fsp3) is 0.353. The van der Waals surface area contributed by atoms with Crippen LogP contribution in [0.5, 0.6) is 0 Å². The second kappa shape index (κ2) is 8.57. The van der Waals surface area contributed by atoms with E-state index in [0.717, 1.165) is 23.2 Å². The molecule has 0 aliphatic rings. The van der Waals surface area contributed by atoms with Crippen LogP contribution < -0.4 is 5.32 Å². The molecule has 0 saturated carbocycles. The maximum Gasteiger partial charge on any atom is 0.0410 e. The van der Waals surface area contributed by atoms with E-state index in [-0.39, 0.29) is 0 Å². The van der Waals surface area contributed by atoms with Gasteiger partial charge in [-0.25, -0.2) is 0 Å². The fourth-order valence-corrected chi connectivity index (χ4v) is 3.72. The van der Waals surface area contributed by atoms with E-state index in [4.69, 9.17) is 0 Å². The Balaban J connectivity index is 1.95. The van der Waals surface area contributed by atoms with Gasteiger partial charge < -0.3 is 5.32 Å². The zero-order valence-corrected chi connectivity index (χ0v) is 14.9. The lowest BCUT2D eigenvalue weighted by Gasteiger charge is -2.17. The van der Waals surface area contributed by atoms with Crippen LogP contribution in [0.15, 0.2) is 52.1 Å². The number of benzene rings is 1. The normalized spacial score (nSPS) is 12.3. The molecule has 0 saturated heterocycles. The average Bonchev–Trinajstić information content (AvgIpc) is 2.45. The van der Waals surface area contributed by atoms with Crippen LogP contribution in [-0.2, 0) is 6.42 Å². The summed E-state index contributed by atoms with van der Waals surface area (Å²) in [6.07, 6.45) is 4.78. The lowest BCUT2D eigenvalue weighted by molar-refractivity contribution is 0.572. The highest BCUT2D eigenvalue weighted by atomic mass is 79.9. The van der Waals surface area contributed by atoms with E-state index in [2.05, 4.69) is 70.4 Å². The Bertz CT molecular complexity index is 574. The highest BCUT2D eigenvalue weighted by Gasteiger charge is 2.10. The smallest absolute Gasteiger partial charge is 0.0410 e. The van der Waals surface area contributed by atoms with E-state index < -0.39 is 0 Å². The lowest BCUT2D eigenvalue weighted by Crippen LogP contribution is -2.33. The van der Waals surface area contributed by atoms with Gasteiger partial charge in [-0.3, -0.25) is 4.98 Å². The van der Waals surface area contributed by atoms with Gasteiger partial charge in [-0.2, -0.15) is 0 Å². The molecule has 0 bridgehead atoms. The molecule has 2 nitrogen and oxygen atoms in total. The highest BCUT2D eigenvalue weighted by Crippen LogP contribution is 2.21. The van der Waals surface area contributed by atoms with Crippen molar-refractivity contribution in [2.24, 2.45) is 0 Å². The zero-order chi connectivity index (χ0) is 15.1. The van der Waals surface area contributed by atoms with E-state index in [9.17, 15) is 0 Å². The number of aromatic nitrogens is 1. The Kier molecular flexibility index (Phi) is 6.74. The quantitative estimate of drug-likeness (QED) is 0.733. The first-order valence-corrected chi connectivity index (χ1v) is 8.97. The predicted molar refractivity (Wildman–Crippen MR) is 95.0 cm³/mol. The van der Waals surface area contributed by atoms with Crippen LogP contribution in [0.1, 0.15) is 18.1 Å². The van der Waals surface area contributed by atoms with Crippen LogP contribution in [0.4, 0.5) is 0 Å². The van der Waals surface area contributed by atoms with Crippen LogP contribution in [0, 0.1) is 6.92 Å². The standard InChI is InChI=1S/C17H21BrN2S/c1-3-20-16(9-14-8-15(18)11-19-10-14)12-21-17-6-4-5-13(2)7-17/h4-8,10-11,16,20H,3,9,12H2,1-2H3. The number of likely N-dealkylation sites (N-methyl/N-ethyl adjacent to an activating group) is 1. The van der Waals surface area contributed by atoms with Gasteiger partial charge in [-0.1, -0.05) is 24.6 Å². The first kappa shape index (κ1) is 16.5. The molecule has 2 rings (SSSR count). The molecule has 0 radical (unpaired) electrons. The molecule has 112 valence electrons. The third kappa shape index (κ3) is 5.81. The van der Waals surface area contributed by atoms with E-state index in [0.29, 0.717) is 6.04 Å². The second-order valence-electron chi connectivity index (χ2n) is 5.10. The molecule has 4 heteroatoms. The molecule has 0 aliphatic carbocycles. The minimum Gasteiger partial charge on any atom is -0.313 e. The van der Waals surface area contributed by atoms with Gasteiger partial charge in [0.15, 0.2) is 0 Å². The Hall–Kier alpha value is -0.840. The molecule has 1 N–H and O–H groups in total. The number of hydrogen-bond donors (Lipinski definition) is 1. The molecule has 1 aromatic heterocycles. The third-order valence-electron chi connectivity index (χ3n) is 3.18. The van der Waals surface area contributed by atoms with Crippen molar-refractivity contribution in [3.05, 3.63) is 58.3 Å². The third-order valence-corrected chi connectivity index (χ3v) is 4.77. The molecule has 1 heterocycles. The van der Waals surface area contributed by atoms with Gasteiger partial charge in [0.1, 0.15) is 0 Å². The van der Waals surface area contributed by atoms with Gasteiger partial charge in [-0.05, 0) is 59.6 Å². The molecule has 2 aromatic rings. The monoisotopic (exact) mass is 364 g/mol. The number of rotatable bonds is 7. The second-order valence-corrected chi connectivity index (χ2v) is 7.11. The Morgan fingerprint density at radius 1 is 1.29 bits per heavy atom. The van der Waals surface area contributed by atoms with Crippen molar-refractivity contribution in [3.8, 4) is 0 Å². The van der Waals surface area contributed by atoms with Crippen molar-refractivity contribution in [1.29, 1.82) is 0 Å². The fourth-order valence-electron chi connectivity index (χ4n) is 2.23. The van der Waals surface area contributed by atoms with Gasteiger partial charge in [0, 0.05) is 33.6 Å². The number of thioether (sulfide) groups is 1. The summed E-state index contributed by atoms with van der Waals surface area (Å²) < 4.78 is 1.04. The van der Waals surface area contributed by atoms with Gasteiger partial charge in [-0.15, -0.1) is 11.8 Å². The van der Waals surface area contributed by atoms with Gasteiger partial charge in [0.25, 0.3) is 0 Å². The van der Waals surface area contributed by atoms with Crippen LogP contribution in [0.25, 0.3) is 0 Å². The maximum absolute atomic E-state index is 4.25. The van der Waals surface area contributed by atoms with E-state index in [1.165, 1.54) is 16.0 Å². The van der Waals surface area contributed by atoms with E-state index in [1.54, 1.807) is 0 Å². The van der Waals surface area contributed by atoms with Crippen molar-refractivity contribution in [3.63, 3.8) is 0 Å². The van der Waals surface area contributed by atoms with Gasteiger partial charge in [0.2, 0.25) is 0 Å². The number of aryl methyl sites for hydroxylation is 1. The largest absolute Gasteiger partial charge is 0.313 e. The summed E-state index contributed by atoms with van der Waals surface area (Å²) in [6, 6.07) is 11.3. The summed E-state index contributed by atoms with van der Waals surface area (Å²) in [6.45, 7) is 5.28. The van der Waals surface area contributed by atoms with Crippen LogP contribution in [0.2, 0.25) is 0 Å². The topological polar surface area (TPSA) is 24.9 Å². The molecular formula is C17H21BrN2S. The Labute approximate surface area is 139 Å². The first-order chi connectivity index (χ1) is 10.2.